The summed E-state index contributed by atoms with van der Waals surface area (Å²) >= 11 is 1.42. The zero-order chi connectivity index (χ0) is 18.7. The minimum atomic E-state index is -0.368. The molecule has 0 saturated carbocycles. The van der Waals surface area contributed by atoms with Gasteiger partial charge in [-0.1, -0.05) is 50.7 Å². The van der Waals surface area contributed by atoms with E-state index in [4.69, 9.17) is 0 Å². The van der Waals surface area contributed by atoms with Crippen molar-refractivity contribution >= 4 is 17.5 Å². The normalized spacial score (nSPS) is 11.5. The van der Waals surface area contributed by atoms with E-state index in [9.17, 15) is 4.79 Å². The van der Waals surface area contributed by atoms with Crippen molar-refractivity contribution in [1.29, 1.82) is 0 Å². The predicted octanol–water partition coefficient (Wildman–Crippen LogP) is 4.35. The van der Waals surface area contributed by atoms with Crippen LogP contribution in [0.1, 0.15) is 26.3 Å². The lowest BCUT2D eigenvalue weighted by Crippen LogP contribution is -2.22. The number of hydrogen-bond acceptors (Lipinski definition) is 5. The van der Waals surface area contributed by atoms with Crippen molar-refractivity contribution in [3.63, 3.8) is 0 Å². The first kappa shape index (κ1) is 18.3. The van der Waals surface area contributed by atoms with Gasteiger partial charge in [-0.2, -0.15) is 0 Å². The molecular formula is C20H22N4OS. The lowest BCUT2D eigenvalue weighted by atomic mass is 9.92. The molecule has 0 aliphatic rings. The number of benzene rings is 1. The number of carbonyl (C=O) groups excluding carboxylic acids is 1. The Labute approximate surface area is 157 Å². The van der Waals surface area contributed by atoms with E-state index in [1.165, 1.54) is 11.8 Å². The van der Waals surface area contributed by atoms with Crippen molar-refractivity contribution in [1.82, 2.24) is 19.7 Å². The predicted molar refractivity (Wildman–Crippen MR) is 105 cm³/mol. The Balaban J connectivity index is 2.04. The molecule has 0 aliphatic heterocycles. The fraction of sp³-hybridized carbons (Fsp3) is 0.300. The standard InChI is InChI=1S/C20H22N4OS/c1-14-8-5-6-10-16(14)24-18(15-9-7-11-21-12-15)22-23-19(24)26-13-17(25)20(2,3)4/h5-12H,13H2,1-4H3. The highest BCUT2D eigenvalue weighted by Crippen LogP contribution is 2.30. The van der Waals surface area contributed by atoms with Crippen LogP contribution in [0.4, 0.5) is 0 Å². The van der Waals surface area contributed by atoms with Gasteiger partial charge >= 0.3 is 0 Å². The second-order valence-electron chi connectivity index (χ2n) is 7.13. The zero-order valence-electron chi connectivity index (χ0n) is 15.4. The van der Waals surface area contributed by atoms with Crippen LogP contribution in [0, 0.1) is 12.3 Å². The van der Waals surface area contributed by atoms with E-state index < -0.39 is 0 Å². The van der Waals surface area contributed by atoms with Crippen molar-refractivity contribution < 1.29 is 4.79 Å². The average molecular weight is 366 g/mol. The molecule has 5 nitrogen and oxygen atoms in total. The molecule has 0 N–H and O–H groups in total. The quantitative estimate of drug-likeness (QED) is 0.629. The van der Waals surface area contributed by atoms with Crippen molar-refractivity contribution in [2.75, 3.05) is 5.75 Å². The molecule has 0 fully saturated rings. The van der Waals surface area contributed by atoms with Gasteiger partial charge in [-0.05, 0) is 30.7 Å². The number of pyridine rings is 1. The number of aromatic nitrogens is 4. The maximum atomic E-state index is 12.3. The van der Waals surface area contributed by atoms with Crippen LogP contribution in [0.15, 0.2) is 53.9 Å². The van der Waals surface area contributed by atoms with Gasteiger partial charge < -0.3 is 0 Å². The molecule has 0 radical (unpaired) electrons. The highest BCUT2D eigenvalue weighted by molar-refractivity contribution is 7.99. The van der Waals surface area contributed by atoms with Crippen LogP contribution < -0.4 is 0 Å². The topological polar surface area (TPSA) is 60.7 Å². The molecule has 0 amide bonds. The van der Waals surface area contributed by atoms with E-state index in [1.807, 2.05) is 55.7 Å². The molecule has 0 aliphatic carbocycles. The molecule has 0 saturated heterocycles. The first-order valence-corrected chi connectivity index (χ1v) is 9.44. The van der Waals surface area contributed by atoms with E-state index in [-0.39, 0.29) is 11.2 Å². The van der Waals surface area contributed by atoms with Gasteiger partial charge in [-0.25, -0.2) is 0 Å². The van der Waals surface area contributed by atoms with Gasteiger partial charge in [0.1, 0.15) is 5.78 Å². The molecule has 1 aromatic carbocycles. The fourth-order valence-electron chi connectivity index (χ4n) is 2.42. The van der Waals surface area contributed by atoms with Crippen molar-refractivity contribution in [3.8, 4) is 17.1 Å². The molecule has 2 aromatic heterocycles. The lowest BCUT2D eigenvalue weighted by molar-refractivity contribution is -0.123. The number of ketones is 1. The number of carbonyl (C=O) groups is 1. The molecular weight excluding hydrogens is 344 g/mol. The molecule has 0 atom stereocenters. The Morgan fingerprint density at radius 1 is 1.12 bits per heavy atom. The third-order valence-corrected chi connectivity index (χ3v) is 5.01. The maximum absolute atomic E-state index is 12.3. The lowest BCUT2D eigenvalue weighted by Gasteiger charge is -2.16. The van der Waals surface area contributed by atoms with Crippen LogP contribution in [0.5, 0.6) is 0 Å². The van der Waals surface area contributed by atoms with Gasteiger partial charge in [0.25, 0.3) is 0 Å². The monoisotopic (exact) mass is 366 g/mol. The van der Waals surface area contributed by atoms with Crippen LogP contribution >= 0.6 is 11.8 Å². The molecule has 3 rings (SSSR count). The second-order valence-corrected chi connectivity index (χ2v) is 8.07. The van der Waals surface area contributed by atoms with Crippen LogP contribution in [0.2, 0.25) is 0 Å². The zero-order valence-corrected chi connectivity index (χ0v) is 16.2. The van der Waals surface area contributed by atoms with Crippen LogP contribution in [-0.2, 0) is 4.79 Å². The molecule has 6 heteroatoms. The minimum Gasteiger partial charge on any atom is -0.298 e. The molecule has 3 aromatic rings. The van der Waals surface area contributed by atoms with E-state index in [0.717, 1.165) is 22.6 Å². The molecule has 0 spiro atoms. The number of thioether (sulfide) groups is 1. The summed E-state index contributed by atoms with van der Waals surface area (Å²) in [5, 5.41) is 9.45. The van der Waals surface area contributed by atoms with Gasteiger partial charge in [-0.3, -0.25) is 14.3 Å². The fourth-order valence-corrected chi connectivity index (χ4v) is 3.53. The molecule has 0 bridgehead atoms. The first-order valence-electron chi connectivity index (χ1n) is 8.46. The van der Waals surface area contributed by atoms with Gasteiger partial charge in [0.05, 0.1) is 11.4 Å². The van der Waals surface area contributed by atoms with E-state index in [2.05, 4.69) is 28.2 Å². The summed E-state index contributed by atoms with van der Waals surface area (Å²) in [7, 11) is 0. The Kier molecular flexibility index (Phi) is 5.23. The summed E-state index contributed by atoms with van der Waals surface area (Å²) in [4.78, 5) is 16.5. The van der Waals surface area contributed by atoms with Crippen LogP contribution in [0.3, 0.4) is 0 Å². The van der Waals surface area contributed by atoms with E-state index >= 15 is 0 Å². The van der Waals surface area contributed by atoms with E-state index in [1.54, 1.807) is 12.4 Å². The molecule has 0 unspecified atom stereocenters. The Bertz CT molecular complexity index is 913. The minimum absolute atomic E-state index is 0.185. The summed E-state index contributed by atoms with van der Waals surface area (Å²) in [6.45, 7) is 7.85. The summed E-state index contributed by atoms with van der Waals surface area (Å²) in [5.41, 5.74) is 2.63. The van der Waals surface area contributed by atoms with Gasteiger partial charge in [0.15, 0.2) is 11.0 Å². The Hall–Kier alpha value is -2.47. The molecule has 2 heterocycles. The second kappa shape index (κ2) is 7.41. The number of aryl methyl sites for hydroxylation is 1. The number of rotatable bonds is 5. The third-order valence-electron chi connectivity index (χ3n) is 4.08. The van der Waals surface area contributed by atoms with Gasteiger partial charge in [-0.15, -0.1) is 10.2 Å². The Morgan fingerprint density at radius 3 is 2.54 bits per heavy atom. The SMILES string of the molecule is Cc1ccccc1-n1c(SCC(=O)C(C)(C)C)nnc1-c1cccnc1. The summed E-state index contributed by atoms with van der Waals surface area (Å²) in [6, 6.07) is 11.9. The highest BCUT2D eigenvalue weighted by atomic mass is 32.2. The summed E-state index contributed by atoms with van der Waals surface area (Å²) in [6.07, 6.45) is 3.50. The number of nitrogens with zero attached hydrogens (tertiary/aromatic N) is 4. The number of para-hydroxylation sites is 1. The number of Topliss-reactive ketones (excluding diaryl/α,β-unsaturated/α-hetero) is 1. The van der Waals surface area contributed by atoms with Crippen LogP contribution in [0.25, 0.3) is 17.1 Å². The highest BCUT2D eigenvalue weighted by Gasteiger charge is 2.23. The van der Waals surface area contributed by atoms with Gasteiger partial charge in [0.2, 0.25) is 0 Å². The smallest absolute Gasteiger partial charge is 0.196 e. The number of hydrogen-bond donors (Lipinski definition) is 0. The summed E-state index contributed by atoms with van der Waals surface area (Å²) < 4.78 is 2.01. The first-order chi connectivity index (χ1) is 12.4. The summed E-state index contributed by atoms with van der Waals surface area (Å²) in [5.74, 6) is 1.27. The van der Waals surface area contributed by atoms with Crippen molar-refractivity contribution in [2.45, 2.75) is 32.9 Å². The van der Waals surface area contributed by atoms with Crippen molar-refractivity contribution in [3.05, 3.63) is 54.4 Å². The van der Waals surface area contributed by atoms with E-state index in [0.29, 0.717) is 10.9 Å². The largest absolute Gasteiger partial charge is 0.298 e. The maximum Gasteiger partial charge on any atom is 0.196 e. The third kappa shape index (κ3) is 3.85. The Morgan fingerprint density at radius 2 is 1.88 bits per heavy atom. The van der Waals surface area contributed by atoms with Crippen molar-refractivity contribution in [2.24, 2.45) is 5.41 Å². The van der Waals surface area contributed by atoms with Gasteiger partial charge in [0, 0.05) is 23.4 Å². The average Bonchev–Trinajstić information content (AvgIpc) is 3.03. The molecule has 26 heavy (non-hydrogen) atoms. The molecule has 134 valence electrons. The van der Waals surface area contributed by atoms with Crippen LogP contribution in [-0.4, -0.2) is 31.3 Å².